The lowest BCUT2D eigenvalue weighted by Crippen LogP contribution is -1.92. The molecule has 0 aromatic heterocycles. The Bertz CT molecular complexity index is 856. The van der Waals surface area contributed by atoms with Crippen molar-refractivity contribution < 1.29 is 18.9 Å². The van der Waals surface area contributed by atoms with E-state index in [1.54, 1.807) is 6.07 Å². The van der Waals surface area contributed by atoms with E-state index >= 15 is 0 Å². The fraction of sp³-hybridized carbons (Fsp3) is 0. The zero-order valence-corrected chi connectivity index (χ0v) is 12.6. The van der Waals surface area contributed by atoms with Gasteiger partial charge in [0.25, 0.3) is 0 Å². The number of hydrogen-bond donors (Lipinski definition) is 2. The fourth-order valence-electron chi connectivity index (χ4n) is 2.17. The molecule has 0 saturated heterocycles. The lowest BCUT2D eigenvalue weighted by molar-refractivity contribution is 0.284. The number of hydrogen-bond acceptors (Lipinski definition) is 2. The molecular weight excluding hydrogens is 343 g/mol. The van der Waals surface area contributed by atoms with Crippen LogP contribution in [0.2, 0.25) is 0 Å². The van der Waals surface area contributed by atoms with Gasteiger partial charge in [0.05, 0.1) is 4.47 Å². The first-order valence-electron chi connectivity index (χ1n) is 5.80. The number of phosphoric acid groups is 1. The van der Waals surface area contributed by atoms with Crippen molar-refractivity contribution in [3.63, 3.8) is 0 Å². The molecule has 0 unspecified atom stereocenters. The van der Waals surface area contributed by atoms with E-state index in [0.29, 0.717) is 9.86 Å². The molecule has 0 saturated carbocycles. The molecule has 0 amide bonds. The molecule has 0 spiro atoms. The van der Waals surface area contributed by atoms with Crippen LogP contribution < -0.4 is 4.52 Å². The Hall–Kier alpha value is -1.39. The summed E-state index contributed by atoms with van der Waals surface area (Å²) in [6, 6.07) is 15.2. The fourth-order valence-corrected chi connectivity index (χ4v) is 3.16. The maximum atomic E-state index is 11.1. The first-order chi connectivity index (χ1) is 9.44. The Morgan fingerprint density at radius 3 is 2.25 bits per heavy atom. The van der Waals surface area contributed by atoms with Gasteiger partial charge in [-0.1, -0.05) is 30.3 Å². The topological polar surface area (TPSA) is 66.8 Å². The van der Waals surface area contributed by atoms with Gasteiger partial charge in [-0.15, -0.1) is 0 Å². The Labute approximate surface area is 123 Å². The Balaban J connectivity index is 2.34. The molecule has 2 N–H and O–H groups in total. The minimum atomic E-state index is -4.61. The Morgan fingerprint density at radius 1 is 0.950 bits per heavy atom. The van der Waals surface area contributed by atoms with Crippen LogP contribution in [0.3, 0.4) is 0 Å². The van der Waals surface area contributed by atoms with Gasteiger partial charge in [-0.3, -0.25) is 9.79 Å². The van der Waals surface area contributed by atoms with Gasteiger partial charge in [0.15, 0.2) is 5.75 Å². The van der Waals surface area contributed by atoms with E-state index < -0.39 is 7.82 Å². The number of phosphoric ester groups is 1. The summed E-state index contributed by atoms with van der Waals surface area (Å²) in [6.45, 7) is 0. The van der Waals surface area contributed by atoms with E-state index in [1.807, 2.05) is 42.5 Å². The second-order valence-electron chi connectivity index (χ2n) is 4.38. The van der Waals surface area contributed by atoms with E-state index in [0.717, 1.165) is 16.2 Å². The molecule has 20 heavy (non-hydrogen) atoms. The predicted molar refractivity (Wildman–Crippen MR) is 81.8 cm³/mol. The molecule has 6 heteroatoms. The first-order valence-corrected chi connectivity index (χ1v) is 8.12. The lowest BCUT2D eigenvalue weighted by Gasteiger charge is -2.12. The summed E-state index contributed by atoms with van der Waals surface area (Å²) in [5.41, 5.74) is 0. The molecule has 0 aliphatic heterocycles. The summed E-state index contributed by atoms with van der Waals surface area (Å²) in [5.74, 6) is 0.154. The second kappa shape index (κ2) is 4.86. The van der Waals surface area contributed by atoms with Crippen LogP contribution in [0.15, 0.2) is 53.0 Å². The molecule has 3 aromatic rings. The molecule has 0 aliphatic rings. The van der Waals surface area contributed by atoms with Gasteiger partial charge in [0.2, 0.25) is 0 Å². The smallest absolute Gasteiger partial charge is 0.402 e. The van der Waals surface area contributed by atoms with Crippen molar-refractivity contribution in [2.75, 3.05) is 0 Å². The van der Waals surface area contributed by atoms with Gasteiger partial charge in [-0.2, -0.15) is 0 Å². The average Bonchev–Trinajstić information content (AvgIpc) is 2.39. The highest BCUT2D eigenvalue weighted by Crippen LogP contribution is 2.45. The zero-order valence-electron chi connectivity index (χ0n) is 10.2. The van der Waals surface area contributed by atoms with Gasteiger partial charge in [0, 0.05) is 5.39 Å². The van der Waals surface area contributed by atoms with Crippen molar-refractivity contribution in [3.8, 4) is 5.75 Å². The maximum absolute atomic E-state index is 11.1. The molecule has 3 aromatic carbocycles. The van der Waals surface area contributed by atoms with E-state index in [9.17, 15) is 4.57 Å². The molecule has 0 bridgehead atoms. The Kier molecular flexibility index (Phi) is 3.30. The highest BCUT2D eigenvalue weighted by atomic mass is 79.9. The SMILES string of the molecule is O=P(O)(O)Oc1c(Br)ccc2cc3ccccc3cc12. The monoisotopic (exact) mass is 352 g/mol. The minimum absolute atomic E-state index is 0.154. The Morgan fingerprint density at radius 2 is 1.60 bits per heavy atom. The van der Waals surface area contributed by atoms with Gasteiger partial charge in [-0.05, 0) is 50.3 Å². The van der Waals surface area contributed by atoms with E-state index in [1.165, 1.54) is 0 Å². The normalized spacial score (nSPS) is 11.9. The van der Waals surface area contributed by atoms with E-state index in [2.05, 4.69) is 15.9 Å². The van der Waals surface area contributed by atoms with Gasteiger partial charge >= 0.3 is 7.82 Å². The molecular formula is C14H10BrO4P. The van der Waals surface area contributed by atoms with Crippen molar-refractivity contribution in [3.05, 3.63) is 53.0 Å². The molecule has 0 radical (unpaired) electrons. The highest BCUT2D eigenvalue weighted by Gasteiger charge is 2.20. The number of rotatable bonds is 2. The van der Waals surface area contributed by atoms with Crippen LogP contribution >= 0.6 is 23.8 Å². The predicted octanol–water partition coefficient (Wildman–Crippen LogP) is 4.23. The van der Waals surface area contributed by atoms with Crippen LogP contribution in [0.25, 0.3) is 21.5 Å². The summed E-state index contributed by atoms with van der Waals surface area (Å²) in [4.78, 5) is 18.1. The van der Waals surface area contributed by atoms with Crippen molar-refractivity contribution >= 4 is 45.3 Å². The van der Waals surface area contributed by atoms with Crippen LogP contribution in [0.4, 0.5) is 0 Å². The van der Waals surface area contributed by atoms with Crippen molar-refractivity contribution in [1.29, 1.82) is 0 Å². The quantitative estimate of drug-likeness (QED) is 0.535. The van der Waals surface area contributed by atoms with Crippen LogP contribution in [0, 0.1) is 0 Å². The van der Waals surface area contributed by atoms with Crippen LogP contribution in [0.5, 0.6) is 5.75 Å². The van der Waals surface area contributed by atoms with Gasteiger partial charge in [0.1, 0.15) is 0 Å². The maximum Gasteiger partial charge on any atom is 0.524 e. The summed E-state index contributed by atoms with van der Waals surface area (Å²) in [5, 5.41) is 3.55. The molecule has 0 aliphatic carbocycles. The molecule has 102 valence electrons. The van der Waals surface area contributed by atoms with E-state index in [-0.39, 0.29) is 5.75 Å². The number of fused-ring (bicyclic) bond motifs is 2. The lowest BCUT2D eigenvalue weighted by atomic mass is 10.0. The first kappa shape index (κ1) is 13.6. The second-order valence-corrected chi connectivity index (χ2v) is 6.40. The molecule has 4 nitrogen and oxygen atoms in total. The number of benzene rings is 3. The third-order valence-corrected chi connectivity index (χ3v) is 4.04. The summed E-state index contributed by atoms with van der Waals surface area (Å²) < 4.78 is 16.4. The molecule has 0 atom stereocenters. The average molecular weight is 353 g/mol. The summed E-state index contributed by atoms with van der Waals surface area (Å²) in [7, 11) is -4.61. The van der Waals surface area contributed by atoms with Crippen LogP contribution in [0.1, 0.15) is 0 Å². The van der Waals surface area contributed by atoms with Crippen LogP contribution in [-0.4, -0.2) is 9.79 Å². The van der Waals surface area contributed by atoms with Crippen molar-refractivity contribution in [1.82, 2.24) is 0 Å². The number of halogens is 1. The molecule has 0 heterocycles. The third-order valence-electron chi connectivity index (χ3n) is 3.00. The summed E-state index contributed by atoms with van der Waals surface area (Å²) >= 11 is 3.27. The highest BCUT2D eigenvalue weighted by molar-refractivity contribution is 9.10. The van der Waals surface area contributed by atoms with Crippen molar-refractivity contribution in [2.24, 2.45) is 0 Å². The minimum Gasteiger partial charge on any atom is -0.402 e. The van der Waals surface area contributed by atoms with E-state index in [4.69, 9.17) is 14.3 Å². The zero-order chi connectivity index (χ0) is 14.3. The van der Waals surface area contributed by atoms with Gasteiger partial charge < -0.3 is 4.52 Å². The van der Waals surface area contributed by atoms with Crippen LogP contribution in [-0.2, 0) is 4.57 Å². The standard InChI is InChI=1S/C14H10BrO4P/c15-13-6-5-11-7-9-3-1-2-4-10(9)8-12(11)14(13)19-20(16,17)18/h1-8H,(H2,16,17,18). The van der Waals surface area contributed by atoms with Gasteiger partial charge in [-0.25, -0.2) is 4.57 Å². The molecule has 0 fully saturated rings. The van der Waals surface area contributed by atoms with Crippen molar-refractivity contribution in [2.45, 2.75) is 0 Å². The summed E-state index contributed by atoms with van der Waals surface area (Å²) in [6.07, 6.45) is 0. The third kappa shape index (κ3) is 2.58. The largest absolute Gasteiger partial charge is 0.524 e. The molecule has 3 rings (SSSR count).